The largest absolute Gasteiger partial charge is 0.249 e. The molecule has 0 saturated carbocycles. The molecule has 0 aromatic carbocycles. The third kappa shape index (κ3) is 3.32. The first-order chi connectivity index (χ1) is 14.5. The molecule has 10 nitrogen and oxygen atoms in total. The second kappa shape index (κ2) is 7.95. The maximum Gasteiger partial charge on any atom is 0.177 e. The molecular weight excluding hydrogens is 380 g/mol. The molecule has 3 rings (SSSR count). The van der Waals surface area contributed by atoms with Crippen molar-refractivity contribution in [2.75, 3.05) is 0 Å². The van der Waals surface area contributed by atoms with Gasteiger partial charge < -0.3 is 0 Å². The predicted octanol–water partition coefficient (Wildman–Crippen LogP) is 2.13. The van der Waals surface area contributed by atoms with E-state index in [1.807, 2.05) is 30.3 Å². The molecule has 0 N–H and O–H groups in total. The van der Waals surface area contributed by atoms with E-state index in [-0.39, 0.29) is 45.6 Å². The molecule has 10 heteroatoms. The van der Waals surface area contributed by atoms with Crippen LogP contribution in [0.2, 0.25) is 0 Å². The van der Waals surface area contributed by atoms with Crippen LogP contribution < -0.4 is 0 Å². The van der Waals surface area contributed by atoms with Gasteiger partial charge in [-0.2, -0.15) is 26.3 Å². The van der Waals surface area contributed by atoms with Crippen LogP contribution in [0.4, 0.5) is 0 Å². The molecule has 140 valence electrons. The van der Waals surface area contributed by atoms with Crippen LogP contribution in [0.1, 0.15) is 48.2 Å². The van der Waals surface area contributed by atoms with Gasteiger partial charge in [0, 0.05) is 5.92 Å². The van der Waals surface area contributed by atoms with Crippen molar-refractivity contribution in [1.29, 1.82) is 26.3 Å². The molecule has 0 spiro atoms. The van der Waals surface area contributed by atoms with Crippen molar-refractivity contribution in [2.24, 2.45) is 10.9 Å². The van der Waals surface area contributed by atoms with Crippen molar-refractivity contribution in [3.05, 3.63) is 40.7 Å². The van der Waals surface area contributed by atoms with Crippen molar-refractivity contribution >= 4 is 11.4 Å². The number of nitriles is 5. The van der Waals surface area contributed by atoms with Crippen LogP contribution in [-0.2, 0) is 0 Å². The van der Waals surface area contributed by atoms with E-state index >= 15 is 0 Å². The normalized spacial score (nSPS) is 15.4. The van der Waals surface area contributed by atoms with Crippen molar-refractivity contribution < 1.29 is 0 Å². The lowest BCUT2D eigenvalue weighted by Crippen LogP contribution is -2.08. The van der Waals surface area contributed by atoms with Crippen LogP contribution in [-0.4, -0.2) is 25.6 Å². The highest BCUT2D eigenvalue weighted by molar-refractivity contribution is 6.04. The molecular formula is C20H10N10. The molecule has 1 aliphatic rings. The zero-order valence-electron chi connectivity index (χ0n) is 15.8. The summed E-state index contributed by atoms with van der Waals surface area (Å²) in [5.74, 6) is -1.19. The molecule has 2 aromatic heterocycles. The van der Waals surface area contributed by atoms with Gasteiger partial charge in [-0.15, -0.1) is 0 Å². The molecule has 0 bridgehead atoms. The van der Waals surface area contributed by atoms with Crippen LogP contribution in [0.25, 0.3) is 17.1 Å². The van der Waals surface area contributed by atoms with Gasteiger partial charge in [-0.1, -0.05) is 6.92 Å². The van der Waals surface area contributed by atoms with Crippen molar-refractivity contribution in [3.63, 3.8) is 0 Å². The SMILES string of the molecule is CC(C#N)/C(C#N)=N\C1=CC(C)c2nc(C#N)c(C#N)nc2-c2nc(C#N)cnc21. The fraction of sp³-hybridized carbons (Fsp3) is 0.200. The summed E-state index contributed by atoms with van der Waals surface area (Å²) >= 11 is 0. The Kier molecular flexibility index (Phi) is 5.24. The Bertz CT molecular complexity index is 1330. The Morgan fingerprint density at radius 2 is 1.67 bits per heavy atom. The van der Waals surface area contributed by atoms with Gasteiger partial charge in [0.2, 0.25) is 0 Å². The van der Waals surface area contributed by atoms with Crippen LogP contribution in [0.3, 0.4) is 0 Å². The number of rotatable bonds is 2. The van der Waals surface area contributed by atoms with Gasteiger partial charge in [0.05, 0.1) is 29.6 Å². The first-order valence-electron chi connectivity index (χ1n) is 8.57. The summed E-state index contributed by atoms with van der Waals surface area (Å²) < 4.78 is 0. The van der Waals surface area contributed by atoms with E-state index in [0.29, 0.717) is 5.69 Å². The van der Waals surface area contributed by atoms with E-state index in [0.717, 1.165) is 0 Å². The average Bonchev–Trinajstić information content (AvgIpc) is 2.89. The number of fused-ring (bicyclic) bond motifs is 3. The Balaban J connectivity index is 2.39. The quantitative estimate of drug-likeness (QED) is 0.693. The van der Waals surface area contributed by atoms with E-state index in [4.69, 9.17) is 5.26 Å². The van der Waals surface area contributed by atoms with Gasteiger partial charge in [-0.25, -0.2) is 24.9 Å². The molecule has 0 fully saturated rings. The maximum atomic E-state index is 9.40. The van der Waals surface area contributed by atoms with Gasteiger partial charge in [-0.05, 0) is 13.0 Å². The maximum absolute atomic E-state index is 9.40. The van der Waals surface area contributed by atoms with Crippen molar-refractivity contribution in [3.8, 4) is 41.7 Å². The highest BCUT2D eigenvalue weighted by Gasteiger charge is 2.28. The van der Waals surface area contributed by atoms with Gasteiger partial charge in [0.25, 0.3) is 0 Å². The first-order valence-corrected chi connectivity index (χ1v) is 8.57. The highest BCUT2D eigenvalue weighted by atomic mass is 14.9. The van der Waals surface area contributed by atoms with E-state index in [9.17, 15) is 21.0 Å². The minimum Gasteiger partial charge on any atom is -0.249 e. The standard InChI is InChI=1S/C20H10N10/c1-10-3-13(28-14(6-23)11(2)4-21)18-20(27-12(5-22)9-26-18)19-17(10)29-15(7-24)16(8-25)30-19/h3,9-11H,1-2H3/b28-14-. The average molecular weight is 390 g/mol. The summed E-state index contributed by atoms with van der Waals surface area (Å²) in [5.41, 5.74) is 0.860. The molecule has 2 unspecified atom stereocenters. The zero-order valence-corrected chi connectivity index (χ0v) is 15.8. The molecule has 30 heavy (non-hydrogen) atoms. The van der Waals surface area contributed by atoms with Crippen LogP contribution in [0.5, 0.6) is 0 Å². The molecule has 0 aliphatic heterocycles. The Morgan fingerprint density at radius 3 is 2.27 bits per heavy atom. The number of allylic oxidation sites excluding steroid dienone is 1. The van der Waals surface area contributed by atoms with Crippen LogP contribution >= 0.6 is 0 Å². The Morgan fingerprint density at radius 1 is 0.967 bits per heavy atom. The number of nitrogens with zero attached hydrogens (tertiary/aromatic N) is 10. The van der Waals surface area contributed by atoms with Crippen LogP contribution in [0, 0.1) is 62.6 Å². The van der Waals surface area contributed by atoms with Gasteiger partial charge in [0.1, 0.15) is 47.1 Å². The molecule has 1 aliphatic carbocycles. The van der Waals surface area contributed by atoms with Gasteiger partial charge in [-0.3, -0.25) is 0 Å². The molecule has 2 aromatic rings. The van der Waals surface area contributed by atoms with Crippen molar-refractivity contribution in [1.82, 2.24) is 19.9 Å². The molecule has 0 amide bonds. The molecule has 2 atom stereocenters. The van der Waals surface area contributed by atoms with Crippen molar-refractivity contribution in [2.45, 2.75) is 19.8 Å². The first kappa shape index (κ1) is 19.8. The van der Waals surface area contributed by atoms with Crippen LogP contribution in [0.15, 0.2) is 17.3 Å². The lowest BCUT2D eigenvalue weighted by atomic mass is 10.0. The topological polar surface area (TPSA) is 183 Å². The summed E-state index contributed by atoms with van der Waals surface area (Å²) in [6.45, 7) is 3.32. The fourth-order valence-electron chi connectivity index (χ4n) is 2.79. The Labute approximate surface area is 171 Å². The lowest BCUT2D eigenvalue weighted by molar-refractivity contribution is 0.886. The summed E-state index contributed by atoms with van der Waals surface area (Å²) in [6.07, 6.45) is 2.91. The third-order valence-corrected chi connectivity index (χ3v) is 4.29. The highest BCUT2D eigenvalue weighted by Crippen LogP contribution is 2.37. The number of hydrogen-bond acceptors (Lipinski definition) is 10. The smallest absolute Gasteiger partial charge is 0.177 e. The van der Waals surface area contributed by atoms with E-state index in [1.54, 1.807) is 19.9 Å². The molecule has 0 saturated heterocycles. The van der Waals surface area contributed by atoms with E-state index < -0.39 is 11.8 Å². The number of hydrogen-bond donors (Lipinski definition) is 0. The fourth-order valence-corrected chi connectivity index (χ4v) is 2.79. The minimum atomic E-state index is -0.752. The van der Waals surface area contributed by atoms with Gasteiger partial charge >= 0.3 is 0 Å². The Hall–Kier alpha value is -4.98. The van der Waals surface area contributed by atoms with E-state index in [1.165, 1.54) is 6.20 Å². The zero-order chi connectivity index (χ0) is 21.8. The second-order valence-electron chi connectivity index (χ2n) is 6.24. The second-order valence-corrected chi connectivity index (χ2v) is 6.24. The number of aliphatic imine (C=N–C) groups is 1. The third-order valence-electron chi connectivity index (χ3n) is 4.29. The monoisotopic (exact) mass is 390 g/mol. The molecule has 0 radical (unpaired) electrons. The molecule has 2 heterocycles. The summed E-state index contributed by atoms with van der Waals surface area (Å²) in [5, 5.41) is 46.4. The van der Waals surface area contributed by atoms with Gasteiger partial charge in [0.15, 0.2) is 17.1 Å². The van der Waals surface area contributed by atoms with E-state index in [2.05, 4.69) is 24.9 Å². The lowest BCUT2D eigenvalue weighted by Gasteiger charge is -2.10. The number of aromatic nitrogens is 4. The predicted molar refractivity (Wildman–Crippen MR) is 101 cm³/mol. The summed E-state index contributed by atoms with van der Waals surface area (Å²) in [6, 6.07) is 9.46. The summed E-state index contributed by atoms with van der Waals surface area (Å²) in [7, 11) is 0. The summed E-state index contributed by atoms with van der Waals surface area (Å²) in [4.78, 5) is 21.4. The minimum absolute atomic E-state index is 0.00755.